The van der Waals surface area contributed by atoms with Crippen molar-refractivity contribution in [3.8, 4) is 0 Å². The van der Waals surface area contributed by atoms with Gasteiger partial charge in [-0.05, 0) is 46.5 Å². The molecule has 1 saturated carbocycles. The first kappa shape index (κ1) is 23.4. The van der Waals surface area contributed by atoms with Gasteiger partial charge < -0.3 is 9.47 Å². The van der Waals surface area contributed by atoms with Crippen LogP contribution in [0.3, 0.4) is 0 Å². The van der Waals surface area contributed by atoms with E-state index in [0.29, 0.717) is 11.1 Å². The third kappa shape index (κ3) is 2.73. The molecule has 3 aliphatic carbocycles. The van der Waals surface area contributed by atoms with E-state index in [-0.39, 0.29) is 0 Å². The number of ether oxygens (including phenoxy) is 2. The molecule has 4 nitrogen and oxygen atoms in total. The Kier molecular flexibility index (Phi) is 5.15. The summed E-state index contributed by atoms with van der Waals surface area (Å²) in [7, 11) is 0. The minimum atomic E-state index is -0.701. The Morgan fingerprint density at radius 1 is 0.514 bits per heavy atom. The maximum absolute atomic E-state index is 13.5. The standard InChI is InChI=1S/C31H20I2O4/c32-30-23-17-9-7-15-21(23)29(30)22-16-8-10-18-24(22)31(29,33)26(37-28(35)20-13-5-2-6-14-20)25(30)36-27(34)19-11-3-1-4-12-19/h1-18,25-26H. The molecule has 3 aliphatic rings. The number of fused-ring (bicyclic) bond motifs is 4. The summed E-state index contributed by atoms with van der Waals surface area (Å²) in [6.45, 7) is 0. The van der Waals surface area contributed by atoms with Crippen LogP contribution in [0, 0.1) is 0 Å². The lowest BCUT2D eigenvalue weighted by Gasteiger charge is -2.65. The lowest BCUT2D eigenvalue weighted by molar-refractivity contribution is -0.0348. The molecule has 4 unspecified atom stereocenters. The normalized spacial score (nSPS) is 29.9. The van der Waals surface area contributed by atoms with Gasteiger partial charge in [0.05, 0.1) is 16.5 Å². The van der Waals surface area contributed by atoms with Gasteiger partial charge in [0.2, 0.25) is 0 Å². The zero-order valence-electron chi connectivity index (χ0n) is 19.4. The van der Waals surface area contributed by atoms with Crippen molar-refractivity contribution >= 4 is 57.1 Å². The van der Waals surface area contributed by atoms with Crippen molar-refractivity contribution in [3.63, 3.8) is 0 Å². The third-order valence-corrected chi connectivity index (χ3v) is 12.1. The predicted octanol–water partition coefficient (Wildman–Crippen LogP) is 6.73. The number of rotatable bonds is 4. The van der Waals surface area contributed by atoms with Gasteiger partial charge >= 0.3 is 11.9 Å². The average molecular weight is 710 g/mol. The van der Waals surface area contributed by atoms with Crippen LogP contribution in [0.2, 0.25) is 0 Å². The van der Waals surface area contributed by atoms with E-state index in [9.17, 15) is 9.59 Å². The van der Waals surface area contributed by atoms with E-state index in [4.69, 9.17) is 9.47 Å². The van der Waals surface area contributed by atoms with Crippen LogP contribution in [0.5, 0.6) is 0 Å². The maximum atomic E-state index is 13.5. The van der Waals surface area contributed by atoms with E-state index in [2.05, 4.69) is 81.6 Å². The Morgan fingerprint density at radius 2 is 0.838 bits per heavy atom. The highest BCUT2D eigenvalue weighted by molar-refractivity contribution is 14.1. The average Bonchev–Trinajstić information content (AvgIpc) is 3.05. The zero-order chi connectivity index (χ0) is 25.4. The van der Waals surface area contributed by atoms with Crippen molar-refractivity contribution in [3.05, 3.63) is 143 Å². The molecule has 37 heavy (non-hydrogen) atoms. The van der Waals surface area contributed by atoms with Gasteiger partial charge in [-0.1, -0.05) is 130 Å². The monoisotopic (exact) mass is 710 g/mol. The smallest absolute Gasteiger partial charge is 0.338 e. The highest BCUT2D eigenvalue weighted by Crippen LogP contribution is 2.85. The number of alkyl halides is 2. The number of esters is 2. The van der Waals surface area contributed by atoms with Gasteiger partial charge in [0.15, 0.2) is 12.2 Å². The number of benzene rings is 4. The molecule has 0 bridgehead atoms. The molecule has 182 valence electrons. The van der Waals surface area contributed by atoms with Crippen LogP contribution < -0.4 is 0 Å². The fraction of sp³-hybridized carbons (Fsp3) is 0.161. The van der Waals surface area contributed by atoms with Gasteiger partial charge in [-0.3, -0.25) is 0 Å². The summed E-state index contributed by atoms with van der Waals surface area (Å²) >= 11 is 4.96. The summed E-state index contributed by atoms with van der Waals surface area (Å²) in [6.07, 6.45) is -1.40. The first-order chi connectivity index (χ1) is 18.0. The van der Waals surface area contributed by atoms with Gasteiger partial charge in [0.25, 0.3) is 0 Å². The number of carbonyl (C=O) groups is 2. The van der Waals surface area contributed by atoms with E-state index in [1.54, 1.807) is 24.3 Å². The van der Waals surface area contributed by atoms with Gasteiger partial charge in [0.1, 0.15) is 6.84 Å². The molecule has 6 heteroatoms. The van der Waals surface area contributed by atoms with Crippen LogP contribution in [0.4, 0.5) is 0 Å². The van der Waals surface area contributed by atoms with Crippen molar-refractivity contribution in [2.75, 3.05) is 0 Å². The molecule has 4 atom stereocenters. The maximum Gasteiger partial charge on any atom is 0.338 e. The summed E-state index contributed by atoms with van der Waals surface area (Å²) in [5.41, 5.74) is 5.13. The van der Waals surface area contributed by atoms with E-state index in [1.807, 2.05) is 48.5 Å². The van der Waals surface area contributed by atoms with Crippen molar-refractivity contribution in [1.29, 1.82) is 0 Å². The molecule has 1 spiro atoms. The fourth-order valence-corrected chi connectivity index (χ4v) is 11.1. The Labute approximate surface area is 241 Å². The Morgan fingerprint density at radius 3 is 1.22 bits per heavy atom. The largest absolute Gasteiger partial charge is 0.453 e. The SMILES string of the molecule is O=C(OC1C(OC(=O)c2ccccc2)C2(I)c3ccccc3C23c2ccccc2C13I)c1ccccc1. The molecule has 0 heterocycles. The van der Waals surface area contributed by atoms with E-state index in [1.165, 1.54) is 11.1 Å². The molecule has 0 saturated heterocycles. The van der Waals surface area contributed by atoms with Crippen molar-refractivity contribution < 1.29 is 19.1 Å². The van der Waals surface area contributed by atoms with Gasteiger partial charge in [-0.2, -0.15) is 0 Å². The zero-order valence-corrected chi connectivity index (χ0v) is 23.8. The minimum Gasteiger partial charge on any atom is -0.453 e. The topological polar surface area (TPSA) is 52.6 Å². The molecule has 7 rings (SSSR count). The Bertz CT molecular complexity index is 1450. The number of halogens is 2. The lowest BCUT2D eigenvalue weighted by Crippen LogP contribution is -2.67. The van der Waals surface area contributed by atoms with Crippen LogP contribution in [0.15, 0.2) is 109 Å². The predicted molar refractivity (Wildman–Crippen MR) is 156 cm³/mol. The second-order valence-electron chi connectivity index (χ2n) is 9.65. The minimum absolute atomic E-state index is 0.424. The highest BCUT2D eigenvalue weighted by Gasteiger charge is 2.89. The number of hydrogen-bond acceptors (Lipinski definition) is 4. The van der Waals surface area contributed by atoms with Crippen LogP contribution in [-0.2, 0) is 21.7 Å². The van der Waals surface area contributed by atoms with Crippen molar-refractivity contribution in [2.45, 2.75) is 24.5 Å². The van der Waals surface area contributed by atoms with Gasteiger partial charge in [-0.15, -0.1) is 0 Å². The third-order valence-electron chi connectivity index (χ3n) is 8.08. The number of hydrogen-bond donors (Lipinski definition) is 0. The molecular formula is C31H20I2O4. The Balaban J connectivity index is 1.42. The van der Waals surface area contributed by atoms with Crippen molar-refractivity contribution in [2.24, 2.45) is 0 Å². The summed E-state index contributed by atoms with van der Waals surface area (Å²) in [5.74, 6) is -0.848. The molecule has 1 fully saturated rings. The van der Waals surface area contributed by atoms with Crippen LogP contribution >= 0.6 is 45.2 Å². The molecule has 4 aromatic rings. The quantitative estimate of drug-likeness (QED) is 0.134. The summed E-state index contributed by atoms with van der Waals surface area (Å²) < 4.78 is 11.6. The van der Waals surface area contributed by atoms with Crippen LogP contribution in [-0.4, -0.2) is 24.1 Å². The second-order valence-corrected chi connectivity index (χ2v) is 13.1. The molecule has 0 N–H and O–H groups in total. The summed E-state index contributed by atoms with van der Waals surface area (Å²) in [5, 5.41) is 0. The van der Waals surface area contributed by atoms with E-state index >= 15 is 0 Å². The molecule has 0 aromatic heterocycles. The second kappa shape index (κ2) is 8.14. The van der Waals surface area contributed by atoms with Gasteiger partial charge in [0, 0.05) is 0 Å². The molecule has 0 aliphatic heterocycles. The van der Waals surface area contributed by atoms with Crippen molar-refractivity contribution in [1.82, 2.24) is 0 Å². The molecular weight excluding hydrogens is 690 g/mol. The van der Waals surface area contributed by atoms with E-state index < -0.39 is 36.4 Å². The van der Waals surface area contributed by atoms with Gasteiger partial charge in [-0.25, -0.2) is 9.59 Å². The molecule has 4 aromatic carbocycles. The Hall–Kier alpha value is -2.72. The van der Waals surface area contributed by atoms with E-state index in [0.717, 1.165) is 11.1 Å². The number of carbonyl (C=O) groups excluding carboxylic acids is 2. The molecule has 0 amide bonds. The summed E-state index contributed by atoms with van der Waals surface area (Å²) in [6, 6.07) is 34.7. The summed E-state index contributed by atoms with van der Waals surface area (Å²) in [4.78, 5) is 26.9. The van der Waals surface area contributed by atoms with Crippen LogP contribution in [0.1, 0.15) is 43.0 Å². The van der Waals surface area contributed by atoms with Crippen LogP contribution in [0.25, 0.3) is 0 Å². The fourth-order valence-electron chi connectivity index (χ4n) is 6.68. The molecule has 0 radical (unpaired) electrons. The first-order valence-electron chi connectivity index (χ1n) is 12.1. The first-order valence-corrected chi connectivity index (χ1v) is 14.2. The lowest BCUT2D eigenvalue weighted by atomic mass is 9.43. The highest BCUT2D eigenvalue weighted by atomic mass is 127.